The molecule has 26 heavy (non-hydrogen) atoms. The maximum absolute atomic E-state index is 13.0. The monoisotopic (exact) mass is 367 g/mol. The van der Waals surface area contributed by atoms with Gasteiger partial charge in [-0.05, 0) is 54.6 Å². The Hall–Kier alpha value is -3.25. The van der Waals surface area contributed by atoms with Gasteiger partial charge in [-0.25, -0.2) is 9.37 Å². The zero-order valence-corrected chi connectivity index (χ0v) is 14.0. The second-order valence-electron chi connectivity index (χ2n) is 5.50. The number of nitrogens with one attached hydrogen (secondary N) is 1. The minimum Gasteiger partial charge on any atom is -0.434 e. The molecule has 0 radical (unpaired) electrons. The van der Waals surface area contributed by atoms with Crippen LogP contribution < -0.4 is 5.32 Å². The lowest BCUT2D eigenvalue weighted by Crippen LogP contribution is -2.11. The predicted octanol–water partition coefficient (Wildman–Crippen LogP) is 4.93. The number of amides is 1. The van der Waals surface area contributed by atoms with Gasteiger partial charge in [0.2, 0.25) is 5.89 Å². The van der Waals surface area contributed by atoms with E-state index in [0.29, 0.717) is 39.0 Å². The lowest BCUT2D eigenvalue weighted by Gasteiger charge is -2.07. The van der Waals surface area contributed by atoms with Crippen LogP contribution in [0.2, 0.25) is 5.02 Å². The molecule has 0 aliphatic heterocycles. The lowest BCUT2D eigenvalue weighted by atomic mass is 10.1. The summed E-state index contributed by atoms with van der Waals surface area (Å²) in [6.07, 6.45) is 1.62. The summed E-state index contributed by atoms with van der Waals surface area (Å²) in [4.78, 5) is 20.7. The lowest BCUT2D eigenvalue weighted by molar-refractivity contribution is 0.102. The highest BCUT2D eigenvalue weighted by molar-refractivity contribution is 6.33. The summed E-state index contributed by atoms with van der Waals surface area (Å²) < 4.78 is 18.7. The molecule has 2 heterocycles. The topological polar surface area (TPSA) is 68.0 Å². The molecule has 2 aromatic carbocycles. The van der Waals surface area contributed by atoms with E-state index in [1.54, 1.807) is 36.5 Å². The van der Waals surface area contributed by atoms with Crippen LogP contribution in [0.5, 0.6) is 0 Å². The summed E-state index contributed by atoms with van der Waals surface area (Å²) in [5.41, 5.74) is 2.39. The van der Waals surface area contributed by atoms with E-state index in [4.69, 9.17) is 16.0 Å². The number of halogens is 2. The average Bonchev–Trinajstić information content (AvgIpc) is 3.07. The van der Waals surface area contributed by atoms with Crippen LogP contribution in [-0.2, 0) is 0 Å². The Balaban J connectivity index is 1.65. The van der Waals surface area contributed by atoms with Gasteiger partial charge in [-0.15, -0.1) is 0 Å². The fourth-order valence-corrected chi connectivity index (χ4v) is 2.65. The molecule has 4 rings (SSSR count). The maximum Gasteiger partial charge on any atom is 0.255 e. The van der Waals surface area contributed by atoms with E-state index in [0.717, 1.165) is 0 Å². The van der Waals surface area contributed by atoms with Crippen LogP contribution in [-0.4, -0.2) is 15.9 Å². The van der Waals surface area contributed by atoms with Gasteiger partial charge in [0.25, 0.3) is 5.91 Å². The van der Waals surface area contributed by atoms with Gasteiger partial charge in [0.05, 0.1) is 10.6 Å². The van der Waals surface area contributed by atoms with Crippen molar-refractivity contribution in [2.75, 3.05) is 5.32 Å². The van der Waals surface area contributed by atoms with Crippen LogP contribution in [0.3, 0.4) is 0 Å². The normalized spacial score (nSPS) is 10.8. The third kappa shape index (κ3) is 3.14. The molecule has 0 spiro atoms. The largest absolute Gasteiger partial charge is 0.434 e. The third-order valence-corrected chi connectivity index (χ3v) is 4.06. The Kier molecular flexibility index (Phi) is 4.10. The van der Waals surface area contributed by atoms with Crippen LogP contribution in [0.1, 0.15) is 10.4 Å². The first kappa shape index (κ1) is 16.2. The van der Waals surface area contributed by atoms with Gasteiger partial charge in [-0.3, -0.25) is 4.79 Å². The van der Waals surface area contributed by atoms with Gasteiger partial charge in [-0.2, -0.15) is 4.98 Å². The molecular formula is C19H11ClFN3O2. The van der Waals surface area contributed by atoms with Crippen LogP contribution in [0.25, 0.3) is 22.7 Å². The molecule has 4 aromatic rings. The summed E-state index contributed by atoms with van der Waals surface area (Å²) in [6, 6.07) is 13.7. The summed E-state index contributed by atoms with van der Waals surface area (Å²) in [5, 5.41) is 3.17. The van der Waals surface area contributed by atoms with E-state index < -0.39 is 5.82 Å². The van der Waals surface area contributed by atoms with E-state index in [2.05, 4.69) is 15.3 Å². The molecule has 0 fully saturated rings. The zero-order chi connectivity index (χ0) is 18.1. The van der Waals surface area contributed by atoms with Crippen molar-refractivity contribution in [1.29, 1.82) is 0 Å². The maximum atomic E-state index is 13.0. The number of oxazole rings is 1. The van der Waals surface area contributed by atoms with Crippen LogP contribution in [0, 0.1) is 5.82 Å². The van der Waals surface area contributed by atoms with Gasteiger partial charge in [0.15, 0.2) is 11.2 Å². The number of nitrogens with zero attached hydrogens (tertiary/aromatic N) is 2. The highest BCUT2D eigenvalue weighted by Gasteiger charge is 2.14. The second-order valence-corrected chi connectivity index (χ2v) is 5.91. The first-order valence-electron chi connectivity index (χ1n) is 7.68. The number of pyridine rings is 1. The molecule has 0 unspecified atom stereocenters. The number of hydrogen-bond acceptors (Lipinski definition) is 4. The van der Waals surface area contributed by atoms with Crippen molar-refractivity contribution in [1.82, 2.24) is 9.97 Å². The smallest absolute Gasteiger partial charge is 0.255 e. The van der Waals surface area contributed by atoms with E-state index in [9.17, 15) is 9.18 Å². The van der Waals surface area contributed by atoms with Crippen molar-refractivity contribution in [3.05, 3.63) is 77.2 Å². The number of benzene rings is 2. The molecule has 7 heteroatoms. The second kappa shape index (κ2) is 6.57. The molecule has 0 bridgehead atoms. The first-order chi connectivity index (χ1) is 12.6. The van der Waals surface area contributed by atoms with Crippen LogP contribution in [0.15, 0.2) is 65.2 Å². The van der Waals surface area contributed by atoms with Gasteiger partial charge in [0, 0.05) is 17.4 Å². The van der Waals surface area contributed by atoms with Crippen molar-refractivity contribution < 1.29 is 13.6 Å². The fraction of sp³-hybridized carbons (Fsp3) is 0. The van der Waals surface area contributed by atoms with Crippen LogP contribution >= 0.6 is 11.6 Å². The summed E-state index contributed by atoms with van der Waals surface area (Å²) in [6.45, 7) is 0. The van der Waals surface area contributed by atoms with Gasteiger partial charge >= 0.3 is 0 Å². The molecule has 2 aromatic heterocycles. The molecule has 1 amide bonds. The third-order valence-electron chi connectivity index (χ3n) is 3.73. The minimum atomic E-state index is -0.403. The molecule has 5 nitrogen and oxygen atoms in total. The van der Waals surface area contributed by atoms with Crippen molar-refractivity contribution in [2.45, 2.75) is 0 Å². The Morgan fingerprint density at radius 1 is 1.12 bits per heavy atom. The standard InChI is InChI=1S/C19H11ClFN3O2/c20-15-8-7-13(23-18(25)11-3-5-12(21)6-4-11)10-14(15)19-24-17-16(26-19)2-1-9-22-17/h1-10H,(H,23,25). The highest BCUT2D eigenvalue weighted by Crippen LogP contribution is 2.32. The van der Waals surface area contributed by atoms with E-state index >= 15 is 0 Å². The van der Waals surface area contributed by atoms with Gasteiger partial charge < -0.3 is 9.73 Å². The summed E-state index contributed by atoms with van der Waals surface area (Å²) >= 11 is 6.25. The molecule has 0 aliphatic carbocycles. The quantitative estimate of drug-likeness (QED) is 0.557. The molecule has 0 atom stereocenters. The number of carbonyl (C=O) groups excluding carboxylic acids is 1. The predicted molar refractivity (Wildman–Crippen MR) is 96.6 cm³/mol. The first-order valence-corrected chi connectivity index (χ1v) is 8.06. The molecule has 1 N–H and O–H groups in total. The number of anilines is 1. The number of rotatable bonds is 3. The van der Waals surface area contributed by atoms with Crippen LogP contribution in [0.4, 0.5) is 10.1 Å². The fourth-order valence-electron chi connectivity index (χ4n) is 2.46. The van der Waals surface area contributed by atoms with Gasteiger partial charge in [-0.1, -0.05) is 11.6 Å². The van der Waals surface area contributed by atoms with E-state index in [1.807, 2.05) is 0 Å². The molecule has 0 saturated carbocycles. The van der Waals surface area contributed by atoms with Crippen molar-refractivity contribution >= 4 is 34.4 Å². The highest BCUT2D eigenvalue weighted by atomic mass is 35.5. The van der Waals surface area contributed by atoms with Crippen molar-refractivity contribution in [2.24, 2.45) is 0 Å². The van der Waals surface area contributed by atoms with Gasteiger partial charge in [0.1, 0.15) is 5.82 Å². The molecule has 0 saturated heterocycles. The number of aromatic nitrogens is 2. The van der Waals surface area contributed by atoms with E-state index in [1.165, 1.54) is 24.3 Å². The number of fused-ring (bicyclic) bond motifs is 1. The van der Waals surface area contributed by atoms with E-state index in [-0.39, 0.29) is 5.91 Å². The molecule has 128 valence electrons. The average molecular weight is 368 g/mol. The molecule has 0 aliphatic rings. The Morgan fingerprint density at radius 3 is 2.69 bits per heavy atom. The zero-order valence-electron chi connectivity index (χ0n) is 13.2. The number of hydrogen-bond donors (Lipinski definition) is 1. The molecular weight excluding hydrogens is 357 g/mol. The Labute approximate surface area is 152 Å². The SMILES string of the molecule is O=C(Nc1ccc(Cl)c(-c2nc3ncccc3o2)c1)c1ccc(F)cc1. The summed E-state index contributed by atoms with van der Waals surface area (Å²) in [7, 11) is 0. The van der Waals surface area contributed by atoms with Crippen molar-refractivity contribution in [3.8, 4) is 11.5 Å². The van der Waals surface area contributed by atoms with Crippen molar-refractivity contribution in [3.63, 3.8) is 0 Å². The summed E-state index contributed by atoms with van der Waals surface area (Å²) in [5.74, 6) is -0.459. The minimum absolute atomic E-state index is 0.307. The number of carbonyl (C=O) groups is 1. The Bertz CT molecular complexity index is 1080. The Morgan fingerprint density at radius 2 is 1.92 bits per heavy atom.